The molecule has 1 heterocycles. The van der Waals surface area contributed by atoms with Crippen LogP contribution in [0.25, 0.3) is 0 Å². The lowest BCUT2D eigenvalue weighted by Gasteiger charge is -2.33. The standard InChI is InChI=1S/C15H19F3N2O2.H2S/c1-2-22-14(21)10-4-3-7-20(9-10)11-5-6-13(19)12(8-11)15(16,17)18;/h5-6,8,10H,2-4,7,9,19H2,1H3;1H2/t10-;/m0./s1. The van der Waals surface area contributed by atoms with Crippen LogP contribution in [0.4, 0.5) is 24.5 Å². The third kappa shape index (κ3) is 4.70. The molecular weight excluding hydrogens is 329 g/mol. The van der Waals surface area contributed by atoms with Gasteiger partial charge in [0.05, 0.1) is 18.1 Å². The SMILES string of the molecule is CCOC(=O)[C@H]1CCCN(c2ccc(N)c(C(F)(F)F)c2)C1.S. The fourth-order valence-electron chi connectivity index (χ4n) is 2.65. The Balaban J connectivity index is 0.00000264. The van der Waals surface area contributed by atoms with Crippen molar-refractivity contribution >= 4 is 30.8 Å². The van der Waals surface area contributed by atoms with Gasteiger partial charge in [-0.05, 0) is 38.0 Å². The van der Waals surface area contributed by atoms with Crippen LogP contribution in [0.1, 0.15) is 25.3 Å². The third-order valence-corrected chi connectivity index (χ3v) is 3.75. The molecule has 1 aromatic rings. The number of hydrogen-bond donors (Lipinski definition) is 1. The lowest BCUT2D eigenvalue weighted by Crippen LogP contribution is -2.39. The molecule has 0 amide bonds. The molecule has 4 nitrogen and oxygen atoms in total. The number of halogens is 3. The van der Waals surface area contributed by atoms with Gasteiger partial charge < -0.3 is 15.4 Å². The topological polar surface area (TPSA) is 55.6 Å². The van der Waals surface area contributed by atoms with Crippen LogP contribution in [0.3, 0.4) is 0 Å². The van der Waals surface area contributed by atoms with E-state index >= 15 is 0 Å². The first kappa shape index (κ1) is 19.5. The second kappa shape index (κ2) is 7.81. The maximum Gasteiger partial charge on any atom is 0.418 e. The molecule has 1 fully saturated rings. The van der Waals surface area contributed by atoms with Crippen molar-refractivity contribution in [2.24, 2.45) is 5.92 Å². The number of benzene rings is 1. The van der Waals surface area contributed by atoms with Crippen molar-refractivity contribution in [1.29, 1.82) is 0 Å². The van der Waals surface area contributed by atoms with E-state index in [1.54, 1.807) is 17.9 Å². The number of anilines is 2. The summed E-state index contributed by atoms with van der Waals surface area (Å²) >= 11 is 0. The molecule has 0 radical (unpaired) electrons. The predicted octanol–water partition coefficient (Wildman–Crippen LogP) is 3.18. The summed E-state index contributed by atoms with van der Waals surface area (Å²) < 4.78 is 43.8. The van der Waals surface area contributed by atoms with Gasteiger partial charge >= 0.3 is 12.1 Å². The Bertz CT molecular complexity index is 552. The molecule has 0 aromatic heterocycles. The summed E-state index contributed by atoms with van der Waals surface area (Å²) in [5.41, 5.74) is 4.69. The van der Waals surface area contributed by atoms with E-state index in [4.69, 9.17) is 10.5 Å². The van der Waals surface area contributed by atoms with E-state index in [2.05, 4.69) is 0 Å². The minimum atomic E-state index is -4.49. The quantitative estimate of drug-likeness (QED) is 0.672. The summed E-state index contributed by atoms with van der Waals surface area (Å²) in [6.45, 7) is 3.00. The molecule has 1 atom stereocenters. The van der Waals surface area contributed by atoms with E-state index in [0.29, 0.717) is 31.8 Å². The van der Waals surface area contributed by atoms with E-state index in [-0.39, 0.29) is 31.1 Å². The highest BCUT2D eigenvalue weighted by Gasteiger charge is 2.34. The lowest BCUT2D eigenvalue weighted by molar-refractivity contribution is -0.148. The van der Waals surface area contributed by atoms with Crippen LogP contribution in [-0.4, -0.2) is 25.7 Å². The predicted molar refractivity (Wildman–Crippen MR) is 87.8 cm³/mol. The molecule has 1 aliphatic rings. The zero-order chi connectivity index (χ0) is 16.3. The van der Waals surface area contributed by atoms with Gasteiger partial charge in [-0.3, -0.25) is 4.79 Å². The van der Waals surface area contributed by atoms with Crippen molar-refractivity contribution in [2.45, 2.75) is 25.9 Å². The zero-order valence-corrected chi connectivity index (χ0v) is 13.8. The summed E-state index contributed by atoms with van der Waals surface area (Å²) in [5.74, 6) is -0.598. The molecule has 2 rings (SSSR count). The molecule has 1 aromatic carbocycles. The van der Waals surface area contributed by atoms with Crippen molar-refractivity contribution in [3.63, 3.8) is 0 Å². The van der Waals surface area contributed by atoms with Crippen LogP contribution in [0.15, 0.2) is 18.2 Å². The molecule has 0 spiro atoms. The number of carbonyl (C=O) groups is 1. The number of nitrogens with two attached hydrogens (primary N) is 1. The zero-order valence-electron chi connectivity index (χ0n) is 12.8. The Labute approximate surface area is 140 Å². The number of rotatable bonds is 3. The average molecular weight is 350 g/mol. The van der Waals surface area contributed by atoms with Crippen LogP contribution in [0.2, 0.25) is 0 Å². The fourth-order valence-corrected chi connectivity index (χ4v) is 2.65. The van der Waals surface area contributed by atoms with Gasteiger partial charge in [-0.15, -0.1) is 0 Å². The van der Waals surface area contributed by atoms with Gasteiger partial charge in [-0.25, -0.2) is 0 Å². The number of nitrogens with zero attached hydrogens (tertiary/aromatic N) is 1. The highest BCUT2D eigenvalue weighted by Crippen LogP contribution is 2.36. The summed E-state index contributed by atoms with van der Waals surface area (Å²) in [6.07, 6.45) is -3.07. The van der Waals surface area contributed by atoms with E-state index in [0.717, 1.165) is 12.5 Å². The molecule has 8 heteroatoms. The Kier molecular flexibility index (Phi) is 6.61. The van der Waals surface area contributed by atoms with Crippen LogP contribution in [-0.2, 0) is 15.7 Å². The largest absolute Gasteiger partial charge is 0.466 e. The average Bonchev–Trinajstić information content (AvgIpc) is 2.47. The minimum absolute atomic E-state index is 0. The third-order valence-electron chi connectivity index (χ3n) is 3.75. The molecule has 1 aliphatic heterocycles. The number of carbonyl (C=O) groups excluding carboxylic acids is 1. The molecule has 0 unspecified atom stereocenters. The highest BCUT2D eigenvalue weighted by molar-refractivity contribution is 7.59. The van der Waals surface area contributed by atoms with Crippen molar-refractivity contribution in [3.05, 3.63) is 23.8 Å². The van der Waals surface area contributed by atoms with Gasteiger partial charge in [0.25, 0.3) is 0 Å². The summed E-state index contributed by atoms with van der Waals surface area (Å²) in [4.78, 5) is 13.6. The summed E-state index contributed by atoms with van der Waals surface area (Å²) in [7, 11) is 0. The molecule has 2 N–H and O–H groups in total. The Morgan fingerprint density at radius 1 is 1.43 bits per heavy atom. The maximum atomic E-state index is 12.9. The Hall–Kier alpha value is -1.57. The number of hydrogen-bond acceptors (Lipinski definition) is 4. The molecule has 0 aliphatic carbocycles. The van der Waals surface area contributed by atoms with Crippen molar-refractivity contribution < 1.29 is 22.7 Å². The number of alkyl halides is 3. The molecule has 23 heavy (non-hydrogen) atoms. The summed E-state index contributed by atoms with van der Waals surface area (Å²) in [5, 5.41) is 0. The van der Waals surface area contributed by atoms with Crippen molar-refractivity contribution in [3.8, 4) is 0 Å². The first-order chi connectivity index (χ1) is 10.3. The Morgan fingerprint density at radius 3 is 2.74 bits per heavy atom. The maximum absolute atomic E-state index is 12.9. The lowest BCUT2D eigenvalue weighted by atomic mass is 9.97. The van der Waals surface area contributed by atoms with Gasteiger partial charge in [0.1, 0.15) is 0 Å². The number of ether oxygens (including phenoxy) is 1. The number of nitrogen functional groups attached to an aromatic ring is 1. The van der Waals surface area contributed by atoms with Crippen LogP contribution in [0.5, 0.6) is 0 Å². The minimum Gasteiger partial charge on any atom is -0.466 e. The van der Waals surface area contributed by atoms with Crippen molar-refractivity contribution in [1.82, 2.24) is 0 Å². The smallest absolute Gasteiger partial charge is 0.418 e. The van der Waals surface area contributed by atoms with Gasteiger partial charge in [-0.1, -0.05) is 0 Å². The van der Waals surface area contributed by atoms with E-state index < -0.39 is 11.7 Å². The van der Waals surface area contributed by atoms with Crippen LogP contribution < -0.4 is 10.6 Å². The van der Waals surface area contributed by atoms with Gasteiger partial charge in [0.2, 0.25) is 0 Å². The number of piperidine rings is 1. The Morgan fingerprint density at radius 2 is 2.13 bits per heavy atom. The molecule has 0 saturated carbocycles. The first-order valence-electron chi connectivity index (χ1n) is 7.21. The second-order valence-corrected chi connectivity index (χ2v) is 5.31. The molecule has 130 valence electrons. The van der Waals surface area contributed by atoms with Gasteiger partial charge in [0, 0.05) is 24.5 Å². The van der Waals surface area contributed by atoms with E-state index in [9.17, 15) is 18.0 Å². The van der Waals surface area contributed by atoms with Crippen LogP contribution in [0, 0.1) is 5.92 Å². The monoisotopic (exact) mass is 350 g/mol. The highest BCUT2D eigenvalue weighted by atomic mass is 32.1. The molecular formula is C15H21F3N2O2S. The number of esters is 1. The fraction of sp³-hybridized carbons (Fsp3) is 0.533. The van der Waals surface area contributed by atoms with E-state index in [1.165, 1.54) is 6.07 Å². The van der Waals surface area contributed by atoms with E-state index in [1.807, 2.05) is 0 Å². The normalized spacial score (nSPS) is 18.3. The van der Waals surface area contributed by atoms with Crippen molar-refractivity contribution in [2.75, 3.05) is 30.3 Å². The van der Waals surface area contributed by atoms with Gasteiger partial charge in [-0.2, -0.15) is 26.7 Å². The van der Waals surface area contributed by atoms with Gasteiger partial charge in [0.15, 0.2) is 0 Å². The van der Waals surface area contributed by atoms with Crippen LogP contribution >= 0.6 is 13.5 Å². The second-order valence-electron chi connectivity index (χ2n) is 5.31. The first-order valence-corrected chi connectivity index (χ1v) is 7.21. The molecule has 1 saturated heterocycles. The summed E-state index contributed by atoms with van der Waals surface area (Å²) in [6, 6.07) is 3.85. The molecule has 0 bridgehead atoms.